The number of aryl methyl sites for hydroxylation is 6. The third-order valence-electron chi connectivity index (χ3n) is 25.1. The van der Waals surface area contributed by atoms with Gasteiger partial charge >= 0.3 is 0 Å². The Labute approximate surface area is 616 Å². The van der Waals surface area contributed by atoms with Gasteiger partial charge in [0.2, 0.25) is 0 Å². The Bertz CT molecular complexity index is 3260. The summed E-state index contributed by atoms with van der Waals surface area (Å²) < 4.78 is 0. The van der Waals surface area contributed by atoms with Crippen molar-refractivity contribution < 1.29 is 0 Å². The summed E-state index contributed by atoms with van der Waals surface area (Å²) >= 11 is 0. The van der Waals surface area contributed by atoms with Crippen LogP contribution in [-0.4, -0.2) is 97.0 Å². The largest absolute Gasteiger partial charge is 0.356 e. The van der Waals surface area contributed by atoms with Crippen LogP contribution in [0.1, 0.15) is 281 Å². The first-order valence-electron chi connectivity index (χ1n) is 40.1. The van der Waals surface area contributed by atoms with Crippen molar-refractivity contribution >= 4 is 22.7 Å². The number of anilines is 4. The molecule has 10 heteroatoms. The predicted molar refractivity (Wildman–Crippen MR) is 433 cm³/mol. The summed E-state index contributed by atoms with van der Waals surface area (Å²) in [5.41, 5.74) is 20.8. The molecule has 0 atom stereocenters. The first-order chi connectivity index (χ1) is 47.6. The SMILES string of the molecule is C1=CN(C23CC4CC(CC(C4)C2)C3)CN1C12CC3CC(CC(C3)C1)C2.CC(C)(C)N1C=CN(C(C)(C)C)C1.CC(C)N1C=CN(C(C)C)C1.CC(C)c1cccc(C(C)C)c1N1C=CN(c2c(C(C)C)cccc2C(C)C)C1.Cc1cc(C)c(N2C=CN(c3c(C)cc(C)cc3C)C2)c(C)c1. The highest BCUT2D eigenvalue weighted by Crippen LogP contribution is 2.61. The highest BCUT2D eigenvalue weighted by atomic mass is 15.4. The van der Waals surface area contributed by atoms with Crippen LogP contribution in [0.15, 0.2) is 123 Å². The standard InChI is InChI=1S/C27H38N2.C23H34N2.C21H26N2.C11H22N2.C9H18N2/c1-18(2)22-11-9-12-23(19(3)4)26(22)28-15-16-29(17-28)27-24(20(5)6)13-10-14-25(27)21(7)8;1-2-25(23-12-19-6-20(13-23)8-21(7-19)14-23)15-24(1)22-9-16-3-17(10-22)5-18(4-16)11-22;1-14-9-16(3)20(17(4)10-14)22-7-8-23(13-22)21-18(5)11-15(2)12-19(21)6;1-10(2,3)12-7-8-13(9-12)11(4,5)6;1-8(2)10-5-6-11(7-10)9(3)4/h9-16,18-21H,17H2,1-8H3;1-2,16-21H,3-15H2;7-12H,13H2,1-6H3;7-8H,9H2,1-6H3;5-6,8-9H,7H2,1-4H3. The lowest BCUT2D eigenvalue weighted by atomic mass is 9.52. The van der Waals surface area contributed by atoms with Crippen LogP contribution in [-0.2, 0) is 0 Å². The van der Waals surface area contributed by atoms with Crippen LogP contribution in [0.2, 0.25) is 0 Å². The number of hydrogen-bond acceptors (Lipinski definition) is 10. The second-order valence-electron chi connectivity index (χ2n) is 37.5. The minimum absolute atomic E-state index is 0.233. The smallest absolute Gasteiger partial charge is 0.0989 e. The average Bonchev–Trinajstić information content (AvgIpc) is 1.70. The quantitative estimate of drug-likeness (QED) is 0.137. The van der Waals surface area contributed by atoms with Crippen molar-refractivity contribution in [1.82, 2.24) is 29.4 Å². The molecule has 0 radical (unpaired) electrons. The Morgan fingerprint density at radius 1 is 0.317 bits per heavy atom. The van der Waals surface area contributed by atoms with E-state index < -0.39 is 0 Å². The lowest BCUT2D eigenvalue weighted by Crippen LogP contribution is -2.62. The zero-order valence-corrected chi connectivity index (χ0v) is 68.0. The molecule has 17 rings (SSSR count). The van der Waals surface area contributed by atoms with Crippen LogP contribution in [0.25, 0.3) is 0 Å². The lowest BCUT2D eigenvalue weighted by molar-refractivity contribution is -0.105. The highest BCUT2D eigenvalue weighted by molar-refractivity contribution is 5.72. The van der Waals surface area contributed by atoms with Gasteiger partial charge < -0.3 is 49.0 Å². The topological polar surface area (TPSA) is 32.4 Å². The summed E-state index contributed by atoms with van der Waals surface area (Å²) in [4.78, 5) is 24.7. The Morgan fingerprint density at radius 2 is 0.584 bits per heavy atom. The van der Waals surface area contributed by atoms with E-state index in [0.717, 1.165) is 62.2 Å². The first kappa shape index (κ1) is 75.7. The van der Waals surface area contributed by atoms with E-state index in [2.05, 4.69) is 338 Å². The van der Waals surface area contributed by atoms with Crippen LogP contribution in [0.3, 0.4) is 0 Å². The van der Waals surface area contributed by atoms with Gasteiger partial charge in [-0.15, -0.1) is 0 Å². The number of nitrogens with zero attached hydrogens (tertiary/aromatic N) is 10. The molecule has 0 aromatic heterocycles. The molecule has 8 fully saturated rings. The van der Waals surface area contributed by atoms with E-state index in [-0.39, 0.29) is 11.1 Å². The Balaban J connectivity index is 0.000000132. The summed E-state index contributed by atoms with van der Waals surface area (Å²) in [6.07, 6.45) is 41.2. The molecule has 13 aliphatic rings. The maximum Gasteiger partial charge on any atom is 0.0989 e. The molecule has 552 valence electrons. The van der Waals surface area contributed by atoms with E-state index in [1.54, 1.807) is 38.5 Å². The van der Waals surface area contributed by atoms with Gasteiger partial charge in [-0.05, 0) is 292 Å². The fourth-order valence-electron chi connectivity index (χ4n) is 20.6. The van der Waals surface area contributed by atoms with Gasteiger partial charge in [-0.3, -0.25) is 0 Å². The molecule has 0 spiro atoms. The molecule has 0 N–H and O–H groups in total. The van der Waals surface area contributed by atoms with Crippen molar-refractivity contribution in [1.29, 1.82) is 0 Å². The van der Waals surface area contributed by atoms with Gasteiger partial charge in [-0.2, -0.15) is 0 Å². The monoisotopic (exact) mass is 1370 g/mol. The Morgan fingerprint density at radius 3 is 0.812 bits per heavy atom. The summed E-state index contributed by atoms with van der Waals surface area (Å²) in [6.45, 7) is 58.8. The van der Waals surface area contributed by atoms with Gasteiger partial charge in [0.1, 0.15) is 0 Å². The van der Waals surface area contributed by atoms with Gasteiger partial charge in [0.15, 0.2) is 0 Å². The number of rotatable bonds is 12. The van der Waals surface area contributed by atoms with Gasteiger partial charge in [0, 0.05) is 119 Å². The molecule has 8 bridgehead atoms. The average molecular weight is 1370 g/mol. The summed E-state index contributed by atoms with van der Waals surface area (Å²) in [7, 11) is 0. The predicted octanol–water partition coefficient (Wildman–Crippen LogP) is 22.7. The zero-order valence-electron chi connectivity index (χ0n) is 68.0. The minimum Gasteiger partial charge on any atom is -0.356 e. The van der Waals surface area contributed by atoms with Crippen molar-refractivity contribution in [2.75, 3.05) is 52.9 Å². The molecule has 10 nitrogen and oxygen atoms in total. The summed E-state index contributed by atoms with van der Waals surface area (Å²) in [5, 5.41) is 0. The van der Waals surface area contributed by atoms with Crippen molar-refractivity contribution in [2.45, 2.75) is 301 Å². The summed E-state index contributed by atoms with van der Waals surface area (Å²) in [5.74, 6) is 8.38. The number of benzene rings is 4. The third kappa shape index (κ3) is 16.7. The molecule has 8 saturated carbocycles. The molecular weight excluding hydrogens is 1230 g/mol. The minimum atomic E-state index is 0.233. The van der Waals surface area contributed by atoms with E-state index >= 15 is 0 Å². The fraction of sp³-hybridized carbons (Fsp3) is 0.626. The van der Waals surface area contributed by atoms with Crippen molar-refractivity contribution in [3.05, 3.63) is 178 Å². The van der Waals surface area contributed by atoms with E-state index in [0.29, 0.717) is 46.8 Å². The van der Waals surface area contributed by atoms with E-state index in [1.165, 1.54) is 124 Å². The molecule has 5 aliphatic heterocycles. The molecule has 5 heterocycles. The molecule has 4 aromatic carbocycles. The summed E-state index contributed by atoms with van der Waals surface area (Å²) in [6, 6.07) is 23.9. The van der Waals surface area contributed by atoms with Crippen molar-refractivity contribution in [3.8, 4) is 0 Å². The lowest BCUT2D eigenvalue weighted by Gasteiger charge is -2.62. The van der Waals surface area contributed by atoms with Gasteiger partial charge in [-0.25, -0.2) is 0 Å². The van der Waals surface area contributed by atoms with Gasteiger partial charge in [0.05, 0.1) is 33.3 Å². The normalized spacial score (nSPS) is 26.0. The van der Waals surface area contributed by atoms with Crippen molar-refractivity contribution in [3.63, 3.8) is 0 Å². The molecule has 101 heavy (non-hydrogen) atoms. The fourth-order valence-corrected chi connectivity index (χ4v) is 20.6. The first-order valence-corrected chi connectivity index (χ1v) is 40.1. The van der Waals surface area contributed by atoms with Crippen LogP contribution < -0.4 is 19.6 Å². The molecule has 0 amide bonds. The van der Waals surface area contributed by atoms with E-state index in [4.69, 9.17) is 0 Å². The second kappa shape index (κ2) is 30.3. The Hall–Kier alpha value is -6.42. The van der Waals surface area contributed by atoms with E-state index in [1.807, 2.05) is 0 Å². The zero-order chi connectivity index (χ0) is 72.9. The second-order valence-corrected chi connectivity index (χ2v) is 37.5. The van der Waals surface area contributed by atoms with Crippen LogP contribution in [0.5, 0.6) is 0 Å². The van der Waals surface area contributed by atoms with Crippen LogP contribution in [0.4, 0.5) is 22.7 Å². The number of para-hydroxylation sites is 2. The molecular formula is C91H138N10. The van der Waals surface area contributed by atoms with Crippen molar-refractivity contribution in [2.24, 2.45) is 35.5 Å². The third-order valence-corrected chi connectivity index (χ3v) is 25.1. The maximum atomic E-state index is 2.86. The molecule has 4 aromatic rings. The molecule has 0 unspecified atom stereocenters. The molecule has 8 aliphatic carbocycles. The van der Waals surface area contributed by atoms with Crippen LogP contribution >= 0.6 is 0 Å². The van der Waals surface area contributed by atoms with Crippen LogP contribution in [0, 0.1) is 77.0 Å². The van der Waals surface area contributed by atoms with Gasteiger partial charge in [-0.1, -0.05) is 127 Å². The Kier molecular flexibility index (Phi) is 22.8. The number of hydrogen-bond donors (Lipinski definition) is 0. The highest BCUT2D eigenvalue weighted by Gasteiger charge is 2.57. The van der Waals surface area contributed by atoms with E-state index in [9.17, 15) is 0 Å². The molecule has 0 saturated heterocycles. The van der Waals surface area contributed by atoms with Gasteiger partial charge in [0.25, 0.3) is 0 Å². The maximum absolute atomic E-state index is 2.86.